The third-order valence-corrected chi connectivity index (χ3v) is 3.06. The van der Waals surface area contributed by atoms with Crippen molar-refractivity contribution in [2.45, 2.75) is 13.3 Å². The van der Waals surface area contributed by atoms with E-state index in [0.29, 0.717) is 23.7 Å². The molecular formula is C16H13FN2O2. The predicted molar refractivity (Wildman–Crippen MR) is 75.3 cm³/mol. The van der Waals surface area contributed by atoms with Gasteiger partial charge in [-0.25, -0.2) is 4.39 Å². The molecule has 0 spiro atoms. The topological polar surface area (TPSA) is 59.2 Å². The lowest BCUT2D eigenvalue weighted by Gasteiger charge is -1.98. The largest absolute Gasteiger partial charge is 0.508 e. The molecule has 0 aliphatic rings. The highest BCUT2D eigenvalue weighted by Gasteiger charge is 2.10. The van der Waals surface area contributed by atoms with Crippen LogP contribution in [0.25, 0.3) is 11.4 Å². The fourth-order valence-electron chi connectivity index (χ4n) is 2.10. The lowest BCUT2D eigenvalue weighted by atomic mass is 10.1. The molecule has 0 radical (unpaired) electrons. The molecule has 1 aromatic heterocycles. The van der Waals surface area contributed by atoms with Crippen LogP contribution in [0.15, 0.2) is 47.0 Å². The predicted octanol–water partition coefficient (Wildman–Crippen LogP) is 3.48. The minimum absolute atomic E-state index is 0.209. The van der Waals surface area contributed by atoms with Crippen LogP contribution < -0.4 is 0 Å². The number of aromatic nitrogens is 2. The fraction of sp³-hybridized carbons (Fsp3) is 0.125. The van der Waals surface area contributed by atoms with Gasteiger partial charge < -0.3 is 9.63 Å². The third kappa shape index (κ3) is 3.08. The first kappa shape index (κ1) is 13.3. The molecule has 0 atom stereocenters. The molecule has 106 valence electrons. The highest BCUT2D eigenvalue weighted by Crippen LogP contribution is 2.20. The van der Waals surface area contributed by atoms with E-state index in [4.69, 9.17) is 4.52 Å². The van der Waals surface area contributed by atoms with Gasteiger partial charge in [-0.05, 0) is 48.4 Å². The van der Waals surface area contributed by atoms with Gasteiger partial charge in [-0.2, -0.15) is 4.98 Å². The van der Waals surface area contributed by atoms with Gasteiger partial charge in [0.25, 0.3) is 0 Å². The molecule has 0 bridgehead atoms. The van der Waals surface area contributed by atoms with E-state index >= 15 is 0 Å². The van der Waals surface area contributed by atoms with Crippen LogP contribution in [0.2, 0.25) is 0 Å². The molecule has 0 fully saturated rings. The first-order valence-electron chi connectivity index (χ1n) is 6.48. The Balaban J connectivity index is 1.84. The minimum Gasteiger partial charge on any atom is -0.508 e. The van der Waals surface area contributed by atoms with Crippen molar-refractivity contribution < 1.29 is 14.0 Å². The Kier molecular flexibility index (Phi) is 3.39. The highest BCUT2D eigenvalue weighted by molar-refractivity contribution is 5.55. The smallest absolute Gasteiger partial charge is 0.231 e. The fourth-order valence-corrected chi connectivity index (χ4v) is 2.10. The van der Waals surface area contributed by atoms with Gasteiger partial charge >= 0.3 is 0 Å². The Bertz CT molecular complexity index is 746. The maximum Gasteiger partial charge on any atom is 0.231 e. The molecule has 0 saturated heterocycles. The lowest BCUT2D eigenvalue weighted by Crippen LogP contribution is -1.89. The molecule has 0 amide bonds. The number of rotatable bonds is 3. The molecule has 0 aliphatic carbocycles. The second-order valence-electron chi connectivity index (χ2n) is 4.87. The van der Waals surface area contributed by atoms with E-state index in [1.54, 1.807) is 30.3 Å². The van der Waals surface area contributed by atoms with Crippen LogP contribution in [0.5, 0.6) is 5.75 Å². The van der Waals surface area contributed by atoms with E-state index in [1.807, 2.05) is 6.92 Å². The Morgan fingerprint density at radius 1 is 1.14 bits per heavy atom. The van der Waals surface area contributed by atoms with Gasteiger partial charge in [-0.3, -0.25) is 0 Å². The van der Waals surface area contributed by atoms with Crippen molar-refractivity contribution in [3.8, 4) is 17.1 Å². The van der Waals surface area contributed by atoms with Crippen LogP contribution >= 0.6 is 0 Å². The number of aromatic hydroxyl groups is 1. The van der Waals surface area contributed by atoms with Crippen LogP contribution in [-0.4, -0.2) is 15.2 Å². The second-order valence-corrected chi connectivity index (χ2v) is 4.87. The van der Waals surface area contributed by atoms with Gasteiger partial charge in [0, 0.05) is 5.56 Å². The summed E-state index contributed by atoms with van der Waals surface area (Å²) in [5.41, 5.74) is 2.33. The van der Waals surface area contributed by atoms with Crippen LogP contribution in [0.4, 0.5) is 4.39 Å². The molecule has 21 heavy (non-hydrogen) atoms. The van der Waals surface area contributed by atoms with Crippen molar-refractivity contribution in [1.29, 1.82) is 0 Å². The molecule has 3 rings (SSSR count). The van der Waals surface area contributed by atoms with Crippen LogP contribution in [-0.2, 0) is 6.42 Å². The molecule has 2 aromatic carbocycles. The van der Waals surface area contributed by atoms with Gasteiger partial charge in [0.15, 0.2) is 0 Å². The summed E-state index contributed by atoms with van der Waals surface area (Å²) in [6.45, 7) is 1.81. The van der Waals surface area contributed by atoms with Gasteiger partial charge in [-0.15, -0.1) is 0 Å². The van der Waals surface area contributed by atoms with Crippen molar-refractivity contribution in [2.24, 2.45) is 0 Å². The summed E-state index contributed by atoms with van der Waals surface area (Å²) in [6, 6.07) is 11.4. The molecule has 3 aromatic rings. The standard InChI is InChI=1S/C16H13FN2O2/c1-10-6-12(9-13(17)7-10)16-18-15(21-19-16)8-11-2-4-14(20)5-3-11/h2-7,9,20H,8H2,1H3. The summed E-state index contributed by atoms with van der Waals surface area (Å²) < 4.78 is 18.6. The Hall–Kier alpha value is -2.69. The average Bonchev–Trinajstić information content (AvgIpc) is 2.89. The zero-order valence-corrected chi connectivity index (χ0v) is 11.4. The van der Waals surface area contributed by atoms with E-state index in [1.165, 1.54) is 12.1 Å². The summed E-state index contributed by atoms with van der Waals surface area (Å²) in [5, 5.41) is 13.1. The quantitative estimate of drug-likeness (QED) is 0.800. The summed E-state index contributed by atoms with van der Waals surface area (Å²) in [6.07, 6.45) is 0.460. The van der Waals surface area contributed by atoms with Gasteiger partial charge in [-0.1, -0.05) is 17.3 Å². The summed E-state index contributed by atoms with van der Waals surface area (Å²) in [7, 11) is 0. The van der Waals surface area contributed by atoms with E-state index in [2.05, 4.69) is 10.1 Å². The maximum atomic E-state index is 13.4. The van der Waals surface area contributed by atoms with E-state index in [9.17, 15) is 9.50 Å². The molecule has 1 heterocycles. The molecular weight excluding hydrogens is 271 g/mol. The maximum absolute atomic E-state index is 13.4. The van der Waals surface area contributed by atoms with Crippen molar-refractivity contribution >= 4 is 0 Å². The van der Waals surface area contributed by atoms with Crippen molar-refractivity contribution in [1.82, 2.24) is 10.1 Å². The molecule has 1 N–H and O–H groups in total. The summed E-state index contributed by atoms with van der Waals surface area (Å²) in [4.78, 5) is 4.27. The highest BCUT2D eigenvalue weighted by atomic mass is 19.1. The summed E-state index contributed by atoms with van der Waals surface area (Å²) in [5.74, 6) is 0.694. The first-order valence-corrected chi connectivity index (χ1v) is 6.48. The Labute approximate surface area is 120 Å². The normalized spacial score (nSPS) is 10.8. The van der Waals surface area contributed by atoms with E-state index in [-0.39, 0.29) is 11.6 Å². The molecule has 0 saturated carbocycles. The number of hydrogen-bond donors (Lipinski definition) is 1. The summed E-state index contributed by atoms with van der Waals surface area (Å²) >= 11 is 0. The minimum atomic E-state index is -0.324. The number of halogens is 1. The second kappa shape index (κ2) is 5.36. The zero-order valence-electron chi connectivity index (χ0n) is 11.4. The third-order valence-electron chi connectivity index (χ3n) is 3.06. The van der Waals surface area contributed by atoms with Crippen LogP contribution in [0, 0.1) is 12.7 Å². The Morgan fingerprint density at radius 3 is 2.62 bits per heavy atom. The molecule has 0 unspecified atom stereocenters. The number of hydrogen-bond acceptors (Lipinski definition) is 4. The first-order chi connectivity index (χ1) is 10.1. The molecule has 4 nitrogen and oxygen atoms in total. The number of phenols is 1. The number of benzene rings is 2. The van der Waals surface area contributed by atoms with Crippen molar-refractivity contribution in [2.75, 3.05) is 0 Å². The molecule has 0 aliphatic heterocycles. The Morgan fingerprint density at radius 2 is 1.90 bits per heavy atom. The number of phenolic OH excluding ortho intramolecular Hbond substituents is 1. The van der Waals surface area contributed by atoms with Gasteiger partial charge in [0.2, 0.25) is 11.7 Å². The van der Waals surface area contributed by atoms with Crippen molar-refractivity contribution in [3.05, 3.63) is 65.3 Å². The SMILES string of the molecule is Cc1cc(F)cc(-c2noc(Cc3ccc(O)cc3)n2)c1. The zero-order chi connectivity index (χ0) is 14.8. The van der Waals surface area contributed by atoms with E-state index < -0.39 is 0 Å². The monoisotopic (exact) mass is 284 g/mol. The van der Waals surface area contributed by atoms with Crippen molar-refractivity contribution in [3.63, 3.8) is 0 Å². The van der Waals surface area contributed by atoms with Crippen LogP contribution in [0.1, 0.15) is 17.0 Å². The molecule has 5 heteroatoms. The van der Waals surface area contributed by atoms with E-state index in [0.717, 1.165) is 11.1 Å². The average molecular weight is 284 g/mol. The van der Waals surface area contributed by atoms with Gasteiger partial charge in [0.1, 0.15) is 11.6 Å². The van der Waals surface area contributed by atoms with Gasteiger partial charge in [0.05, 0.1) is 6.42 Å². The van der Waals surface area contributed by atoms with Crippen LogP contribution in [0.3, 0.4) is 0 Å². The number of nitrogens with zero attached hydrogens (tertiary/aromatic N) is 2. The number of aryl methyl sites for hydroxylation is 1. The lowest BCUT2D eigenvalue weighted by molar-refractivity contribution is 0.385.